The predicted molar refractivity (Wildman–Crippen MR) is 39.4 cm³/mol. The first-order valence-electron chi connectivity index (χ1n) is 2.83. The Morgan fingerprint density at radius 2 is 1.00 bits per heavy atom. The summed E-state index contributed by atoms with van der Waals surface area (Å²) < 4.78 is 0. The van der Waals surface area contributed by atoms with Crippen molar-refractivity contribution in [3.63, 3.8) is 0 Å². The Hall–Kier alpha value is 0.843. The minimum atomic E-state index is -0.167. The van der Waals surface area contributed by atoms with E-state index in [2.05, 4.69) is 13.8 Å². The number of hydrogen-bond donors (Lipinski definition) is 1. The average molecular weight is 209 g/mol. The van der Waals surface area contributed by atoms with Gasteiger partial charge in [0.1, 0.15) is 0 Å². The fourth-order valence-electron chi connectivity index (χ4n) is 0. The Balaban J connectivity index is -0.0000000221. The third-order valence-electron chi connectivity index (χ3n) is 0. The summed E-state index contributed by atoms with van der Waals surface area (Å²) in [6, 6.07) is 0. The quantitative estimate of drug-likeness (QED) is 0.606. The zero-order chi connectivity index (χ0) is 7.58. The number of rotatable bonds is 0. The molecule has 9 heavy (non-hydrogen) atoms. The number of hydrogen-bond acceptors (Lipinski definition) is 1. The number of aliphatic hydroxyl groups excluding tert-OH is 1. The van der Waals surface area contributed by atoms with Crippen LogP contribution in [0.15, 0.2) is 0 Å². The van der Waals surface area contributed by atoms with Crippen LogP contribution in [0, 0.1) is 13.8 Å². The van der Waals surface area contributed by atoms with Gasteiger partial charge in [-0.3, -0.25) is 0 Å². The van der Waals surface area contributed by atoms with Crippen LogP contribution in [-0.4, -0.2) is 11.2 Å². The van der Waals surface area contributed by atoms with Crippen LogP contribution in [0.25, 0.3) is 0 Å². The summed E-state index contributed by atoms with van der Waals surface area (Å²) >= 11 is 0. The maximum Gasteiger partial charge on any atom is 2.00 e. The van der Waals surface area contributed by atoms with Crippen LogP contribution in [0.4, 0.5) is 0 Å². The molecule has 0 heterocycles. The minimum absolute atomic E-state index is 0. The molecular weight excluding hydrogens is 191 g/mol. The molecule has 0 aromatic heterocycles. The second-order valence-electron chi connectivity index (χ2n) is 1.09. The third kappa shape index (κ3) is 583. The summed E-state index contributed by atoms with van der Waals surface area (Å²) in [6.07, 6.45) is -0.167. The molecular formula is C7H18OZr. The normalized spacial score (nSPS) is 5.33. The van der Waals surface area contributed by atoms with Crippen molar-refractivity contribution >= 4 is 0 Å². The van der Waals surface area contributed by atoms with Crippen molar-refractivity contribution < 1.29 is 31.3 Å². The molecule has 0 radical (unpaired) electrons. The minimum Gasteiger partial charge on any atom is -0.394 e. The van der Waals surface area contributed by atoms with E-state index in [1.165, 1.54) is 0 Å². The van der Waals surface area contributed by atoms with E-state index in [9.17, 15) is 0 Å². The van der Waals surface area contributed by atoms with E-state index in [4.69, 9.17) is 5.11 Å². The van der Waals surface area contributed by atoms with Crippen molar-refractivity contribution in [2.24, 2.45) is 0 Å². The van der Waals surface area contributed by atoms with Gasteiger partial charge in [-0.15, -0.1) is 0 Å². The van der Waals surface area contributed by atoms with Crippen LogP contribution in [0.1, 0.15) is 27.7 Å². The summed E-state index contributed by atoms with van der Waals surface area (Å²) in [6.45, 7) is 13.4. The number of aliphatic hydroxyl groups is 1. The van der Waals surface area contributed by atoms with Gasteiger partial charge in [-0.05, 0) is 13.8 Å². The fraction of sp³-hybridized carbons (Fsp3) is 0.714. The van der Waals surface area contributed by atoms with Gasteiger partial charge in [0.2, 0.25) is 0 Å². The largest absolute Gasteiger partial charge is 2.00 e. The second kappa shape index (κ2) is 36.8. The molecule has 0 aliphatic carbocycles. The molecule has 0 bridgehead atoms. The van der Waals surface area contributed by atoms with Crippen molar-refractivity contribution in [3.8, 4) is 0 Å². The van der Waals surface area contributed by atoms with Gasteiger partial charge < -0.3 is 19.0 Å². The van der Waals surface area contributed by atoms with Crippen LogP contribution in [-0.2, 0) is 26.2 Å². The van der Waals surface area contributed by atoms with E-state index in [0.717, 1.165) is 0 Å². The molecule has 0 amide bonds. The molecule has 56 valence electrons. The van der Waals surface area contributed by atoms with Crippen molar-refractivity contribution in [1.82, 2.24) is 0 Å². The average Bonchev–Trinajstić information content (AvgIpc) is 1.75. The Labute approximate surface area is 79.0 Å². The van der Waals surface area contributed by atoms with Crippen LogP contribution in [0.2, 0.25) is 0 Å². The summed E-state index contributed by atoms with van der Waals surface area (Å²) in [5.74, 6) is 0. The monoisotopic (exact) mass is 208 g/mol. The van der Waals surface area contributed by atoms with E-state index in [0.29, 0.717) is 0 Å². The first-order valence-corrected chi connectivity index (χ1v) is 2.83. The molecule has 0 rings (SSSR count). The molecule has 0 spiro atoms. The topological polar surface area (TPSA) is 20.2 Å². The first kappa shape index (κ1) is 22.5. The second-order valence-corrected chi connectivity index (χ2v) is 1.09. The summed E-state index contributed by atoms with van der Waals surface area (Å²) in [5.41, 5.74) is 0. The van der Waals surface area contributed by atoms with Crippen LogP contribution < -0.4 is 0 Å². The molecule has 0 aromatic carbocycles. The van der Waals surface area contributed by atoms with Gasteiger partial charge in [-0.1, -0.05) is 0 Å². The molecule has 0 fully saturated rings. The Morgan fingerprint density at radius 3 is 1.00 bits per heavy atom. The standard InChI is InChI=1S/C3H8O.2C2H5.Zr/c1-3(2)4;2*1-2;/h3-4H,1-2H3;2*1H2,2H3;/q;2*-1;+2. The SMILES string of the molecule is CC(C)O.[CH2-]C.[CH2-]C.[Zr+2]. The van der Waals surface area contributed by atoms with Crippen molar-refractivity contribution in [2.45, 2.75) is 33.8 Å². The Kier molecular flexibility index (Phi) is 92.3. The summed E-state index contributed by atoms with van der Waals surface area (Å²) in [7, 11) is 0. The molecule has 0 aromatic rings. The summed E-state index contributed by atoms with van der Waals surface area (Å²) in [4.78, 5) is 0. The van der Waals surface area contributed by atoms with Gasteiger partial charge in [0.05, 0.1) is 0 Å². The summed E-state index contributed by atoms with van der Waals surface area (Å²) in [5, 5.41) is 8.06. The Bertz CT molecular complexity index is 13.6. The smallest absolute Gasteiger partial charge is 0.394 e. The molecule has 2 heteroatoms. The van der Waals surface area contributed by atoms with E-state index in [1.807, 2.05) is 0 Å². The van der Waals surface area contributed by atoms with E-state index in [-0.39, 0.29) is 32.3 Å². The van der Waals surface area contributed by atoms with Gasteiger partial charge in [0, 0.05) is 6.10 Å². The van der Waals surface area contributed by atoms with Crippen LogP contribution >= 0.6 is 0 Å². The Morgan fingerprint density at radius 1 is 1.00 bits per heavy atom. The maximum atomic E-state index is 8.06. The fourth-order valence-corrected chi connectivity index (χ4v) is 0. The van der Waals surface area contributed by atoms with Crippen LogP contribution in [0.5, 0.6) is 0 Å². The van der Waals surface area contributed by atoms with E-state index >= 15 is 0 Å². The molecule has 1 N–H and O–H groups in total. The van der Waals surface area contributed by atoms with E-state index < -0.39 is 0 Å². The zero-order valence-corrected chi connectivity index (χ0v) is 9.40. The molecule has 0 atom stereocenters. The maximum absolute atomic E-state index is 8.06. The third-order valence-corrected chi connectivity index (χ3v) is 0. The van der Waals surface area contributed by atoms with Crippen molar-refractivity contribution in [2.75, 3.05) is 0 Å². The van der Waals surface area contributed by atoms with Gasteiger partial charge in [-0.2, -0.15) is 13.8 Å². The molecule has 0 aliphatic heterocycles. The van der Waals surface area contributed by atoms with Crippen LogP contribution in [0.3, 0.4) is 0 Å². The molecule has 1 nitrogen and oxygen atoms in total. The first-order chi connectivity index (χ1) is 3.73. The zero-order valence-electron chi connectivity index (χ0n) is 6.94. The predicted octanol–water partition coefficient (Wildman–Crippen LogP) is 2.07. The molecule has 0 saturated heterocycles. The van der Waals surface area contributed by atoms with Gasteiger partial charge in [0.15, 0.2) is 0 Å². The van der Waals surface area contributed by atoms with E-state index in [1.54, 1.807) is 27.7 Å². The van der Waals surface area contributed by atoms with Crippen molar-refractivity contribution in [1.29, 1.82) is 0 Å². The van der Waals surface area contributed by atoms with Crippen molar-refractivity contribution in [3.05, 3.63) is 13.8 Å². The molecule has 0 aliphatic rings. The van der Waals surface area contributed by atoms with Gasteiger partial charge in [0.25, 0.3) is 0 Å². The molecule has 0 unspecified atom stereocenters. The van der Waals surface area contributed by atoms with Gasteiger partial charge in [-0.25, -0.2) is 0 Å². The molecule has 0 saturated carbocycles. The van der Waals surface area contributed by atoms with Gasteiger partial charge >= 0.3 is 26.2 Å².